The molecule has 1 N–H and O–H groups in total. The molecule has 0 radical (unpaired) electrons. The molecule has 1 saturated heterocycles. The van der Waals surface area contributed by atoms with Crippen molar-refractivity contribution in [3.8, 4) is 5.69 Å². The van der Waals surface area contributed by atoms with Crippen molar-refractivity contribution in [2.24, 2.45) is 5.92 Å². The molecule has 1 aromatic heterocycles. The Morgan fingerprint density at radius 3 is 2.35 bits per heavy atom. The van der Waals surface area contributed by atoms with E-state index in [0.29, 0.717) is 30.8 Å². The quantitative estimate of drug-likeness (QED) is 0.637. The summed E-state index contributed by atoms with van der Waals surface area (Å²) in [7, 11) is -3.51. The van der Waals surface area contributed by atoms with Gasteiger partial charge in [0.2, 0.25) is 15.9 Å². The van der Waals surface area contributed by atoms with E-state index in [0.717, 1.165) is 11.3 Å². The van der Waals surface area contributed by atoms with E-state index in [1.165, 1.54) is 10.6 Å². The van der Waals surface area contributed by atoms with Crippen LogP contribution in [0.5, 0.6) is 0 Å². The van der Waals surface area contributed by atoms with Crippen LogP contribution >= 0.6 is 0 Å². The summed E-state index contributed by atoms with van der Waals surface area (Å²) in [5.41, 5.74) is 1.88. The van der Waals surface area contributed by atoms with Crippen molar-refractivity contribution in [1.29, 1.82) is 0 Å². The molecule has 3 aromatic rings. The Kier molecular flexibility index (Phi) is 6.15. The van der Waals surface area contributed by atoms with Crippen LogP contribution in [0.4, 0.5) is 0 Å². The number of carbonyl (C=O) groups excluding carboxylic acids is 1. The lowest BCUT2D eigenvalue weighted by atomic mass is 9.96. The van der Waals surface area contributed by atoms with Crippen molar-refractivity contribution in [2.75, 3.05) is 13.1 Å². The molecule has 9 heteroatoms. The van der Waals surface area contributed by atoms with Crippen LogP contribution in [-0.4, -0.2) is 46.5 Å². The van der Waals surface area contributed by atoms with Gasteiger partial charge in [-0.15, -0.1) is 0 Å². The minimum atomic E-state index is -3.51. The van der Waals surface area contributed by atoms with Gasteiger partial charge in [-0.3, -0.25) is 4.79 Å². The molecule has 1 fully saturated rings. The largest absolute Gasteiger partial charge is 0.349 e. The first-order valence-corrected chi connectivity index (χ1v) is 11.7. The Morgan fingerprint density at radius 2 is 1.74 bits per heavy atom. The Balaban J connectivity index is 1.33. The zero-order chi connectivity index (χ0) is 21.8. The number of nitrogens with zero attached hydrogens (tertiary/aromatic N) is 4. The standard InChI is InChI=1S/C22H25N5O3S/c1-17(18-7-9-20(10-8-18)27-16-23-15-24-27)25-22(28)19-11-13-26(14-12-19)31(29,30)21-5-3-2-4-6-21/h2-10,15-17,19H,11-14H2,1H3,(H,25,28)/t17-/m0/s1. The number of sulfonamides is 1. The van der Waals surface area contributed by atoms with Crippen molar-refractivity contribution in [2.45, 2.75) is 30.7 Å². The summed E-state index contributed by atoms with van der Waals surface area (Å²) in [6.07, 6.45) is 4.13. The van der Waals surface area contributed by atoms with E-state index in [9.17, 15) is 13.2 Å². The molecule has 2 aromatic carbocycles. The molecule has 162 valence electrons. The molecule has 2 heterocycles. The number of hydrogen-bond donors (Lipinski definition) is 1. The van der Waals surface area contributed by atoms with Crippen molar-refractivity contribution in [1.82, 2.24) is 24.4 Å². The van der Waals surface area contributed by atoms with Crippen molar-refractivity contribution in [3.63, 3.8) is 0 Å². The van der Waals surface area contributed by atoms with Crippen molar-refractivity contribution < 1.29 is 13.2 Å². The lowest BCUT2D eigenvalue weighted by molar-refractivity contribution is -0.126. The zero-order valence-corrected chi connectivity index (χ0v) is 18.1. The van der Waals surface area contributed by atoms with Gasteiger partial charge in [-0.05, 0) is 49.6 Å². The van der Waals surface area contributed by atoms with Gasteiger partial charge in [-0.1, -0.05) is 30.3 Å². The molecular weight excluding hydrogens is 414 g/mol. The monoisotopic (exact) mass is 439 g/mol. The number of nitrogens with one attached hydrogen (secondary N) is 1. The van der Waals surface area contributed by atoms with Crippen LogP contribution in [-0.2, 0) is 14.8 Å². The van der Waals surface area contributed by atoms with E-state index in [-0.39, 0.29) is 17.9 Å². The highest BCUT2D eigenvalue weighted by atomic mass is 32.2. The minimum absolute atomic E-state index is 0.0374. The third-order valence-electron chi connectivity index (χ3n) is 5.64. The van der Waals surface area contributed by atoms with Gasteiger partial charge in [-0.25, -0.2) is 18.1 Å². The lowest BCUT2D eigenvalue weighted by Gasteiger charge is -2.31. The summed E-state index contributed by atoms with van der Waals surface area (Å²) in [5, 5.41) is 7.17. The molecule has 4 rings (SSSR count). The predicted octanol–water partition coefficient (Wildman–Crippen LogP) is 2.55. The Morgan fingerprint density at radius 1 is 1.06 bits per heavy atom. The molecule has 1 aliphatic heterocycles. The summed E-state index contributed by atoms with van der Waals surface area (Å²) < 4.78 is 28.7. The van der Waals surface area contributed by atoms with Crippen LogP contribution in [0.2, 0.25) is 0 Å². The number of benzene rings is 2. The minimum Gasteiger partial charge on any atom is -0.349 e. The number of rotatable bonds is 6. The summed E-state index contributed by atoms with van der Waals surface area (Å²) >= 11 is 0. The van der Waals surface area contributed by atoms with E-state index in [2.05, 4.69) is 15.4 Å². The smallest absolute Gasteiger partial charge is 0.243 e. The number of hydrogen-bond acceptors (Lipinski definition) is 5. The second kappa shape index (κ2) is 8.99. The highest BCUT2D eigenvalue weighted by Crippen LogP contribution is 2.25. The zero-order valence-electron chi connectivity index (χ0n) is 17.3. The highest BCUT2D eigenvalue weighted by molar-refractivity contribution is 7.89. The third-order valence-corrected chi connectivity index (χ3v) is 7.55. The highest BCUT2D eigenvalue weighted by Gasteiger charge is 2.32. The SMILES string of the molecule is C[C@H](NC(=O)C1CCN(S(=O)(=O)c2ccccc2)CC1)c1ccc(-n2cncn2)cc1. The average molecular weight is 440 g/mol. The average Bonchev–Trinajstić information content (AvgIpc) is 3.35. The molecule has 0 aliphatic carbocycles. The fourth-order valence-corrected chi connectivity index (χ4v) is 5.26. The van der Waals surface area contributed by atoms with Crippen LogP contribution in [0.3, 0.4) is 0 Å². The Hall–Kier alpha value is -3.04. The molecular formula is C22H25N5O3S. The maximum atomic E-state index is 12.8. The van der Waals surface area contributed by atoms with E-state index in [1.807, 2.05) is 31.2 Å². The van der Waals surface area contributed by atoms with Crippen LogP contribution in [0.1, 0.15) is 31.4 Å². The number of amides is 1. The topological polar surface area (TPSA) is 97.2 Å². The van der Waals surface area contributed by atoms with Gasteiger partial charge < -0.3 is 5.32 Å². The summed E-state index contributed by atoms with van der Waals surface area (Å²) in [6.45, 7) is 2.63. The molecule has 0 spiro atoms. The van der Waals surface area contributed by atoms with E-state index >= 15 is 0 Å². The molecule has 1 atom stereocenters. The first-order valence-electron chi connectivity index (χ1n) is 10.3. The van der Waals surface area contributed by atoms with Crippen LogP contribution in [0, 0.1) is 5.92 Å². The summed E-state index contributed by atoms with van der Waals surface area (Å²) in [6, 6.07) is 16.0. The van der Waals surface area contributed by atoms with Gasteiger partial charge in [0.1, 0.15) is 12.7 Å². The normalized spacial score (nSPS) is 16.7. The number of carbonyl (C=O) groups is 1. The summed E-state index contributed by atoms with van der Waals surface area (Å²) in [4.78, 5) is 17.0. The summed E-state index contributed by atoms with van der Waals surface area (Å²) in [5.74, 6) is -0.233. The first kappa shape index (κ1) is 21.2. The van der Waals surface area contributed by atoms with Gasteiger partial charge in [0, 0.05) is 19.0 Å². The maximum Gasteiger partial charge on any atom is 0.243 e. The third kappa shape index (κ3) is 4.67. The van der Waals surface area contributed by atoms with Crippen LogP contribution in [0.15, 0.2) is 72.1 Å². The van der Waals surface area contributed by atoms with Crippen LogP contribution < -0.4 is 5.32 Å². The Bertz CT molecular complexity index is 1110. The van der Waals surface area contributed by atoms with E-state index in [4.69, 9.17) is 0 Å². The van der Waals surface area contributed by atoms with E-state index < -0.39 is 10.0 Å². The number of piperidine rings is 1. The maximum absolute atomic E-state index is 12.8. The predicted molar refractivity (Wildman–Crippen MR) is 116 cm³/mol. The molecule has 0 unspecified atom stereocenters. The molecule has 1 aliphatic rings. The van der Waals surface area contributed by atoms with Gasteiger partial charge in [0.15, 0.2) is 0 Å². The van der Waals surface area contributed by atoms with E-state index in [1.54, 1.807) is 41.3 Å². The van der Waals surface area contributed by atoms with Crippen LogP contribution in [0.25, 0.3) is 5.69 Å². The van der Waals surface area contributed by atoms with Gasteiger partial charge in [0.25, 0.3) is 0 Å². The second-order valence-corrected chi connectivity index (χ2v) is 9.59. The molecule has 31 heavy (non-hydrogen) atoms. The Labute approximate surface area is 182 Å². The van der Waals surface area contributed by atoms with Crippen molar-refractivity contribution in [3.05, 3.63) is 72.8 Å². The second-order valence-electron chi connectivity index (χ2n) is 7.65. The van der Waals surface area contributed by atoms with Gasteiger partial charge in [-0.2, -0.15) is 9.40 Å². The first-order chi connectivity index (χ1) is 14.9. The molecule has 0 bridgehead atoms. The van der Waals surface area contributed by atoms with Gasteiger partial charge in [0.05, 0.1) is 16.6 Å². The fourth-order valence-electron chi connectivity index (χ4n) is 3.77. The number of aromatic nitrogens is 3. The molecule has 1 amide bonds. The molecule has 8 nitrogen and oxygen atoms in total. The fraction of sp³-hybridized carbons (Fsp3) is 0.318. The lowest BCUT2D eigenvalue weighted by Crippen LogP contribution is -2.43. The van der Waals surface area contributed by atoms with Gasteiger partial charge >= 0.3 is 0 Å². The molecule has 0 saturated carbocycles. The van der Waals surface area contributed by atoms with Crippen molar-refractivity contribution >= 4 is 15.9 Å².